The minimum Gasteiger partial charge on any atom is -0.370 e. The summed E-state index contributed by atoms with van der Waals surface area (Å²) in [6.45, 7) is 8.31. The molecular formula is C25H31N5OS. The molecule has 32 heavy (non-hydrogen) atoms. The fourth-order valence-corrected chi connectivity index (χ4v) is 4.86. The van der Waals surface area contributed by atoms with Gasteiger partial charge in [-0.25, -0.2) is 0 Å². The molecule has 3 heterocycles. The number of piperidine rings is 1. The Hall–Kier alpha value is -2.93. The highest BCUT2D eigenvalue weighted by molar-refractivity contribution is 7.13. The number of thiophene rings is 1. The van der Waals surface area contributed by atoms with E-state index in [4.69, 9.17) is 0 Å². The summed E-state index contributed by atoms with van der Waals surface area (Å²) in [5.74, 6) is 1.13. The second kappa shape index (κ2) is 10.6. The van der Waals surface area contributed by atoms with E-state index in [0.717, 1.165) is 55.4 Å². The Morgan fingerprint density at radius 2 is 2.00 bits per heavy atom. The van der Waals surface area contributed by atoms with Gasteiger partial charge in [-0.05, 0) is 68.0 Å². The van der Waals surface area contributed by atoms with Crippen LogP contribution in [0.15, 0.2) is 53.9 Å². The highest BCUT2D eigenvalue weighted by atomic mass is 32.1. The predicted molar refractivity (Wildman–Crippen MR) is 132 cm³/mol. The molecule has 1 aliphatic rings. The number of benzene rings is 1. The maximum Gasteiger partial charge on any atom is 0.223 e. The quantitative estimate of drug-likeness (QED) is 0.553. The molecule has 7 heteroatoms. The number of amides is 1. The topological polar surface area (TPSA) is 61.4 Å². The van der Waals surface area contributed by atoms with Crippen molar-refractivity contribution in [1.82, 2.24) is 15.5 Å². The second-order valence-corrected chi connectivity index (χ2v) is 9.17. The average molecular weight is 450 g/mol. The van der Waals surface area contributed by atoms with Crippen molar-refractivity contribution in [3.63, 3.8) is 0 Å². The Kier molecular flexibility index (Phi) is 7.37. The molecule has 0 atom stereocenters. The van der Waals surface area contributed by atoms with Gasteiger partial charge in [0.05, 0.1) is 4.88 Å². The molecule has 3 aromatic rings. The van der Waals surface area contributed by atoms with Gasteiger partial charge >= 0.3 is 0 Å². The van der Waals surface area contributed by atoms with Crippen molar-refractivity contribution >= 4 is 28.7 Å². The highest BCUT2D eigenvalue weighted by Gasteiger charge is 2.25. The molecule has 0 saturated carbocycles. The summed E-state index contributed by atoms with van der Waals surface area (Å²) in [5, 5.41) is 14.0. The Morgan fingerprint density at radius 3 is 2.66 bits per heavy atom. The number of nitrogens with zero attached hydrogens (tertiary/aromatic N) is 4. The summed E-state index contributed by atoms with van der Waals surface area (Å²) in [7, 11) is 0. The molecule has 1 aromatic carbocycles. The summed E-state index contributed by atoms with van der Waals surface area (Å²) in [6.07, 6.45) is 1.69. The van der Waals surface area contributed by atoms with Gasteiger partial charge in [0.2, 0.25) is 5.91 Å². The normalized spacial score (nSPS) is 14.4. The van der Waals surface area contributed by atoms with Crippen LogP contribution in [0.5, 0.6) is 0 Å². The lowest BCUT2D eigenvalue weighted by Crippen LogP contribution is -2.43. The molecule has 1 saturated heterocycles. The van der Waals surface area contributed by atoms with Crippen LogP contribution in [0.3, 0.4) is 0 Å². The fraction of sp³-hybridized carbons (Fsp3) is 0.400. The molecule has 0 bridgehead atoms. The second-order valence-electron chi connectivity index (χ2n) is 8.23. The van der Waals surface area contributed by atoms with Crippen LogP contribution >= 0.6 is 11.3 Å². The Bertz CT molecular complexity index is 997. The number of carbonyl (C=O) groups excluding carboxylic acids is 1. The zero-order valence-corrected chi connectivity index (χ0v) is 19.6. The van der Waals surface area contributed by atoms with Gasteiger partial charge in [-0.1, -0.05) is 18.2 Å². The summed E-state index contributed by atoms with van der Waals surface area (Å²) in [4.78, 5) is 18.4. The predicted octanol–water partition coefficient (Wildman–Crippen LogP) is 4.37. The monoisotopic (exact) mass is 449 g/mol. The number of aryl methyl sites for hydroxylation is 1. The third-order valence-corrected chi connectivity index (χ3v) is 6.94. The van der Waals surface area contributed by atoms with E-state index < -0.39 is 0 Å². The van der Waals surface area contributed by atoms with Crippen LogP contribution < -0.4 is 15.1 Å². The molecule has 2 aromatic heterocycles. The van der Waals surface area contributed by atoms with Crippen molar-refractivity contribution in [3.8, 4) is 10.6 Å². The van der Waals surface area contributed by atoms with Crippen molar-refractivity contribution in [1.29, 1.82) is 0 Å². The van der Waals surface area contributed by atoms with Gasteiger partial charge in [0.25, 0.3) is 0 Å². The van der Waals surface area contributed by atoms with Crippen LogP contribution in [0, 0.1) is 12.8 Å². The number of nitrogens with one attached hydrogen (secondary N) is 1. The Labute approximate surface area is 194 Å². The number of hydrogen-bond donors (Lipinski definition) is 1. The number of carbonyl (C=O) groups is 1. The molecule has 0 radical (unpaired) electrons. The lowest BCUT2D eigenvalue weighted by atomic mass is 9.96. The van der Waals surface area contributed by atoms with Gasteiger partial charge in [-0.3, -0.25) is 4.79 Å². The lowest BCUT2D eigenvalue weighted by molar-refractivity contribution is -0.125. The zero-order valence-electron chi connectivity index (χ0n) is 18.8. The van der Waals surface area contributed by atoms with Crippen molar-refractivity contribution in [2.24, 2.45) is 5.92 Å². The van der Waals surface area contributed by atoms with Crippen LogP contribution in [0.4, 0.5) is 11.5 Å². The first kappa shape index (κ1) is 22.3. The van der Waals surface area contributed by atoms with E-state index in [-0.39, 0.29) is 11.8 Å². The molecule has 0 aliphatic carbocycles. The Morgan fingerprint density at radius 1 is 1.16 bits per heavy atom. The third kappa shape index (κ3) is 5.46. The molecule has 0 spiro atoms. The first-order valence-electron chi connectivity index (χ1n) is 11.4. The van der Waals surface area contributed by atoms with E-state index in [0.29, 0.717) is 6.54 Å². The van der Waals surface area contributed by atoms with Crippen LogP contribution in [0.2, 0.25) is 0 Å². The zero-order chi connectivity index (χ0) is 22.3. The van der Waals surface area contributed by atoms with Crippen molar-refractivity contribution in [2.45, 2.75) is 26.7 Å². The number of likely N-dealkylation sites (N-methyl/N-ethyl adjacent to an activating group) is 1. The molecular weight excluding hydrogens is 418 g/mol. The number of anilines is 2. The number of rotatable bonds is 8. The maximum atomic E-state index is 12.7. The minimum absolute atomic E-state index is 0.0682. The van der Waals surface area contributed by atoms with Crippen molar-refractivity contribution in [2.75, 3.05) is 42.5 Å². The van der Waals surface area contributed by atoms with E-state index >= 15 is 0 Å². The number of hydrogen-bond acceptors (Lipinski definition) is 6. The van der Waals surface area contributed by atoms with Crippen LogP contribution in [-0.4, -0.2) is 48.8 Å². The molecule has 1 N–H and O–H groups in total. The minimum atomic E-state index is 0.0682. The summed E-state index contributed by atoms with van der Waals surface area (Å²) in [5.41, 5.74) is 3.37. The van der Waals surface area contributed by atoms with E-state index in [9.17, 15) is 4.79 Å². The van der Waals surface area contributed by atoms with E-state index in [2.05, 4.69) is 69.5 Å². The molecule has 1 fully saturated rings. The molecule has 6 nitrogen and oxygen atoms in total. The lowest BCUT2D eigenvalue weighted by Gasteiger charge is -2.32. The van der Waals surface area contributed by atoms with Crippen molar-refractivity contribution in [3.05, 3.63) is 59.5 Å². The summed E-state index contributed by atoms with van der Waals surface area (Å²) in [6, 6.07) is 16.6. The largest absolute Gasteiger partial charge is 0.370 e. The van der Waals surface area contributed by atoms with Gasteiger partial charge in [0.15, 0.2) is 5.82 Å². The molecule has 1 amide bonds. The summed E-state index contributed by atoms with van der Waals surface area (Å²) >= 11 is 1.67. The average Bonchev–Trinajstić information content (AvgIpc) is 3.37. The standard InChI is InChI=1S/C25H31N5OS/c1-3-29(21-7-4-6-19(2)18-21)16-13-26-25(31)20-11-14-30(15-12-20)24-10-9-22(27-28-24)23-8-5-17-32-23/h4-10,17-18,20H,3,11-16H2,1-2H3,(H,26,31). The van der Waals surface area contributed by atoms with Gasteiger partial charge in [0.1, 0.15) is 5.69 Å². The highest BCUT2D eigenvalue weighted by Crippen LogP contribution is 2.25. The maximum absolute atomic E-state index is 12.7. The van der Waals surface area contributed by atoms with Crippen molar-refractivity contribution < 1.29 is 4.79 Å². The first-order valence-corrected chi connectivity index (χ1v) is 12.2. The molecule has 0 unspecified atom stereocenters. The smallest absolute Gasteiger partial charge is 0.223 e. The van der Waals surface area contributed by atoms with Crippen LogP contribution in [0.25, 0.3) is 10.6 Å². The number of aromatic nitrogens is 2. The van der Waals surface area contributed by atoms with E-state index in [1.807, 2.05) is 23.6 Å². The SMILES string of the molecule is CCN(CCNC(=O)C1CCN(c2ccc(-c3cccs3)nn2)CC1)c1cccc(C)c1. The Balaban J connectivity index is 1.23. The van der Waals surface area contributed by atoms with Crippen LogP contribution in [-0.2, 0) is 4.79 Å². The fourth-order valence-electron chi connectivity index (χ4n) is 4.17. The molecule has 1 aliphatic heterocycles. The third-order valence-electron chi connectivity index (χ3n) is 6.04. The van der Waals surface area contributed by atoms with Crippen LogP contribution in [0.1, 0.15) is 25.3 Å². The molecule has 168 valence electrons. The van der Waals surface area contributed by atoms with E-state index in [1.54, 1.807) is 11.3 Å². The first-order chi connectivity index (χ1) is 15.6. The van der Waals surface area contributed by atoms with Gasteiger partial charge in [-0.2, -0.15) is 0 Å². The van der Waals surface area contributed by atoms with Gasteiger partial charge in [0, 0.05) is 44.3 Å². The summed E-state index contributed by atoms with van der Waals surface area (Å²) < 4.78 is 0. The van der Waals surface area contributed by atoms with Gasteiger partial charge in [-0.15, -0.1) is 21.5 Å². The molecule has 4 rings (SSSR count). The van der Waals surface area contributed by atoms with Gasteiger partial charge < -0.3 is 15.1 Å². The van der Waals surface area contributed by atoms with E-state index in [1.165, 1.54) is 11.3 Å².